The van der Waals surface area contributed by atoms with Gasteiger partial charge >= 0.3 is 0 Å². The van der Waals surface area contributed by atoms with Gasteiger partial charge in [-0.2, -0.15) is 0 Å². The molecule has 4 aliphatic rings. The van der Waals surface area contributed by atoms with Gasteiger partial charge < -0.3 is 10.6 Å². The van der Waals surface area contributed by atoms with Crippen LogP contribution in [0.5, 0.6) is 0 Å². The summed E-state index contributed by atoms with van der Waals surface area (Å²) in [5, 5.41) is 7.43. The van der Waals surface area contributed by atoms with Gasteiger partial charge in [0, 0.05) is 12.2 Å². The lowest BCUT2D eigenvalue weighted by Crippen LogP contribution is -2.48. The quantitative estimate of drug-likeness (QED) is 0.451. The van der Waals surface area contributed by atoms with Gasteiger partial charge in [-0.1, -0.05) is 42.5 Å². The summed E-state index contributed by atoms with van der Waals surface area (Å²) < 4.78 is 0. The summed E-state index contributed by atoms with van der Waals surface area (Å²) in [6.45, 7) is 0.895. The monoisotopic (exact) mass is 404 g/mol. The first-order valence-corrected chi connectivity index (χ1v) is 11.8. The Bertz CT molecular complexity index is 807. The topological polar surface area (TPSA) is 24.1 Å². The molecule has 0 aromatic heterocycles. The zero-order chi connectivity index (χ0) is 19.7. The molecule has 0 atom stereocenters. The highest BCUT2D eigenvalue weighted by molar-refractivity contribution is 7.80. The van der Waals surface area contributed by atoms with Crippen molar-refractivity contribution in [2.45, 2.75) is 56.8 Å². The molecule has 2 nitrogen and oxygen atoms in total. The van der Waals surface area contributed by atoms with E-state index in [1.807, 2.05) is 0 Å². The molecule has 4 fully saturated rings. The summed E-state index contributed by atoms with van der Waals surface area (Å²) in [4.78, 5) is 0. The van der Waals surface area contributed by atoms with Crippen molar-refractivity contribution in [2.24, 2.45) is 17.8 Å². The molecule has 4 saturated carbocycles. The van der Waals surface area contributed by atoms with Crippen LogP contribution in [0, 0.1) is 17.8 Å². The Morgan fingerprint density at radius 1 is 0.862 bits per heavy atom. The van der Waals surface area contributed by atoms with E-state index >= 15 is 0 Å². The maximum Gasteiger partial charge on any atom is 0.170 e. The molecule has 3 heteroatoms. The third-order valence-corrected chi connectivity index (χ3v) is 7.81. The Kier molecular flexibility index (Phi) is 5.34. The summed E-state index contributed by atoms with van der Waals surface area (Å²) in [6, 6.07) is 19.8. The second-order valence-electron chi connectivity index (χ2n) is 9.75. The smallest absolute Gasteiger partial charge is 0.170 e. The van der Waals surface area contributed by atoms with Crippen LogP contribution in [0.3, 0.4) is 0 Å². The van der Waals surface area contributed by atoms with E-state index in [0.29, 0.717) is 5.41 Å². The number of hydrogen-bond donors (Lipinski definition) is 2. The van der Waals surface area contributed by atoms with Crippen LogP contribution in [0.25, 0.3) is 0 Å². The number of rotatable bonds is 6. The fraction of sp³-hybridized carbons (Fsp3) is 0.500. The van der Waals surface area contributed by atoms with Crippen molar-refractivity contribution in [3.63, 3.8) is 0 Å². The van der Waals surface area contributed by atoms with Crippen molar-refractivity contribution in [1.82, 2.24) is 5.32 Å². The van der Waals surface area contributed by atoms with E-state index in [-0.39, 0.29) is 0 Å². The molecule has 0 amide bonds. The molecular formula is C26H32N2S. The molecule has 0 aliphatic heterocycles. The van der Waals surface area contributed by atoms with Gasteiger partial charge in [0.1, 0.15) is 0 Å². The molecule has 0 saturated heterocycles. The number of benzene rings is 2. The first kappa shape index (κ1) is 19.1. The van der Waals surface area contributed by atoms with E-state index in [2.05, 4.69) is 65.2 Å². The van der Waals surface area contributed by atoms with Crippen LogP contribution in [0.4, 0.5) is 5.69 Å². The maximum absolute atomic E-state index is 5.49. The molecule has 0 heterocycles. The average Bonchev–Trinajstić information content (AvgIpc) is 2.71. The highest BCUT2D eigenvalue weighted by atomic mass is 32.1. The minimum absolute atomic E-state index is 0.476. The SMILES string of the molecule is S=C(NCCCc1ccccc1)Nc1ccc(C23CC4CC(CC(C4)C2)C3)cc1. The first-order valence-electron chi connectivity index (χ1n) is 11.4. The summed E-state index contributed by atoms with van der Waals surface area (Å²) in [6.07, 6.45) is 10.9. The van der Waals surface area contributed by atoms with Crippen LogP contribution < -0.4 is 10.6 Å². The zero-order valence-electron chi connectivity index (χ0n) is 17.2. The molecular weight excluding hydrogens is 372 g/mol. The maximum atomic E-state index is 5.49. The summed E-state index contributed by atoms with van der Waals surface area (Å²) in [5.41, 5.74) is 4.53. The number of nitrogens with one attached hydrogen (secondary N) is 2. The molecule has 6 rings (SSSR count). The van der Waals surface area contributed by atoms with Crippen molar-refractivity contribution in [2.75, 3.05) is 11.9 Å². The second-order valence-corrected chi connectivity index (χ2v) is 10.2. The van der Waals surface area contributed by atoms with Crippen LogP contribution in [-0.2, 0) is 11.8 Å². The summed E-state index contributed by atoms with van der Waals surface area (Å²) in [5.74, 6) is 2.98. The molecule has 2 aromatic rings. The lowest BCUT2D eigenvalue weighted by Gasteiger charge is -2.57. The van der Waals surface area contributed by atoms with Crippen molar-refractivity contribution >= 4 is 23.0 Å². The van der Waals surface area contributed by atoms with Gasteiger partial charge in [0.05, 0.1) is 0 Å². The summed E-state index contributed by atoms with van der Waals surface area (Å²) in [7, 11) is 0. The Morgan fingerprint density at radius 2 is 1.48 bits per heavy atom. The molecule has 2 aromatic carbocycles. The molecule has 4 aliphatic carbocycles. The molecule has 0 unspecified atom stereocenters. The highest BCUT2D eigenvalue weighted by Gasteiger charge is 2.51. The van der Waals surface area contributed by atoms with Gasteiger partial charge in [-0.25, -0.2) is 0 Å². The van der Waals surface area contributed by atoms with Crippen LogP contribution in [0.2, 0.25) is 0 Å². The standard InChI is InChI=1S/C26H32N2S/c29-25(27-12-4-7-19-5-2-1-3-6-19)28-24-10-8-23(9-11-24)26-16-20-13-21(17-26)15-22(14-20)18-26/h1-3,5-6,8-11,20-22H,4,7,12-18H2,(H2,27,28,29). The largest absolute Gasteiger partial charge is 0.362 e. The lowest BCUT2D eigenvalue weighted by atomic mass is 9.48. The van der Waals surface area contributed by atoms with Crippen LogP contribution in [-0.4, -0.2) is 11.7 Å². The molecule has 29 heavy (non-hydrogen) atoms. The lowest BCUT2D eigenvalue weighted by molar-refractivity contribution is -0.00518. The number of thiocarbonyl (C=S) groups is 1. The number of anilines is 1. The Labute approximate surface area is 180 Å². The number of hydrogen-bond acceptors (Lipinski definition) is 1. The normalized spacial score (nSPS) is 29.6. The summed E-state index contributed by atoms with van der Waals surface area (Å²) >= 11 is 5.49. The van der Waals surface area contributed by atoms with Crippen LogP contribution >= 0.6 is 12.2 Å². The van der Waals surface area contributed by atoms with Crippen LogP contribution in [0.1, 0.15) is 56.1 Å². The average molecular weight is 405 g/mol. The molecule has 152 valence electrons. The van der Waals surface area contributed by atoms with Gasteiger partial charge in [-0.15, -0.1) is 0 Å². The first-order chi connectivity index (χ1) is 14.2. The van der Waals surface area contributed by atoms with E-state index in [1.54, 1.807) is 5.56 Å². The van der Waals surface area contributed by atoms with E-state index in [0.717, 1.165) is 47.9 Å². The fourth-order valence-electron chi connectivity index (χ4n) is 6.69. The molecule has 0 radical (unpaired) electrons. The van der Waals surface area contributed by atoms with Crippen LogP contribution in [0.15, 0.2) is 54.6 Å². The van der Waals surface area contributed by atoms with Gasteiger partial charge in [-0.05, 0) is 110 Å². The predicted octanol–water partition coefficient (Wildman–Crippen LogP) is 6.07. The van der Waals surface area contributed by atoms with Gasteiger partial charge in [0.2, 0.25) is 0 Å². The van der Waals surface area contributed by atoms with Gasteiger partial charge in [-0.3, -0.25) is 0 Å². The Balaban J connectivity index is 1.13. The Morgan fingerprint density at radius 3 is 2.10 bits per heavy atom. The van der Waals surface area contributed by atoms with Crippen molar-refractivity contribution in [3.8, 4) is 0 Å². The van der Waals surface area contributed by atoms with Gasteiger partial charge in [0.15, 0.2) is 5.11 Å². The van der Waals surface area contributed by atoms with Gasteiger partial charge in [0.25, 0.3) is 0 Å². The van der Waals surface area contributed by atoms with Crippen molar-refractivity contribution in [3.05, 3.63) is 65.7 Å². The molecule has 0 spiro atoms. The van der Waals surface area contributed by atoms with E-state index in [9.17, 15) is 0 Å². The highest BCUT2D eigenvalue weighted by Crippen LogP contribution is 2.60. The van der Waals surface area contributed by atoms with Crippen molar-refractivity contribution < 1.29 is 0 Å². The van der Waals surface area contributed by atoms with E-state index < -0.39 is 0 Å². The predicted molar refractivity (Wildman–Crippen MR) is 125 cm³/mol. The fourth-order valence-corrected chi connectivity index (χ4v) is 6.91. The second kappa shape index (κ2) is 8.10. The van der Waals surface area contributed by atoms with Crippen molar-refractivity contribution in [1.29, 1.82) is 0 Å². The minimum Gasteiger partial charge on any atom is -0.362 e. The van der Waals surface area contributed by atoms with E-state index in [4.69, 9.17) is 12.2 Å². The third-order valence-electron chi connectivity index (χ3n) is 7.56. The zero-order valence-corrected chi connectivity index (χ0v) is 18.0. The Hall–Kier alpha value is -1.87. The molecule has 4 bridgehead atoms. The van der Waals surface area contributed by atoms with E-state index in [1.165, 1.54) is 44.1 Å². The number of aryl methyl sites for hydroxylation is 1. The third kappa shape index (κ3) is 4.21. The molecule has 2 N–H and O–H groups in total. The minimum atomic E-state index is 0.476.